The van der Waals surface area contributed by atoms with Gasteiger partial charge in [-0.2, -0.15) is 0 Å². The molecule has 96 valence electrons. The molecule has 2 nitrogen and oxygen atoms in total. The number of hydrogen-bond donors (Lipinski definition) is 2. The number of nitrogens with one attached hydrogen (secondary N) is 1. The maximum Gasteiger partial charge on any atom is 0.151 e. The minimum atomic E-state index is -0.727. The number of halogens is 2. The van der Waals surface area contributed by atoms with Gasteiger partial charge < -0.3 is 11.1 Å². The minimum absolute atomic E-state index is 0.0230. The van der Waals surface area contributed by atoms with Crippen LogP contribution in [0.1, 0.15) is 27.7 Å². The lowest BCUT2D eigenvalue weighted by Gasteiger charge is -2.30. The molecular formula is C13H20F2N2. The Bertz CT molecular complexity index is 401. The first-order valence-corrected chi connectivity index (χ1v) is 5.72. The molecule has 0 aromatic heterocycles. The van der Waals surface area contributed by atoms with E-state index in [0.717, 1.165) is 6.07 Å². The molecule has 0 aliphatic carbocycles. The molecule has 0 spiro atoms. The van der Waals surface area contributed by atoms with Crippen LogP contribution in [0.25, 0.3) is 0 Å². The van der Waals surface area contributed by atoms with Gasteiger partial charge in [0.2, 0.25) is 0 Å². The molecular weight excluding hydrogens is 222 g/mol. The highest BCUT2D eigenvalue weighted by molar-refractivity contribution is 5.66. The van der Waals surface area contributed by atoms with Crippen molar-refractivity contribution in [3.05, 3.63) is 23.8 Å². The van der Waals surface area contributed by atoms with E-state index in [9.17, 15) is 8.78 Å². The Balaban J connectivity index is 2.83. The van der Waals surface area contributed by atoms with Gasteiger partial charge in [-0.1, -0.05) is 27.7 Å². The molecule has 17 heavy (non-hydrogen) atoms. The van der Waals surface area contributed by atoms with Gasteiger partial charge in [0.1, 0.15) is 5.82 Å². The van der Waals surface area contributed by atoms with E-state index in [1.807, 2.05) is 0 Å². The van der Waals surface area contributed by atoms with E-state index in [1.54, 1.807) is 0 Å². The molecule has 0 aliphatic rings. The zero-order valence-corrected chi connectivity index (χ0v) is 10.8. The zero-order valence-electron chi connectivity index (χ0n) is 10.8. The van der Waals surface area contributed by atoms with Gasteiger partial charge in [-0.25, -0.2) is 8.78 Å². The average Bonchev–Trinajstić information content (AvgIpc) is 2.21. The highest BCUT2D eigenvalue weighted by atomic mass is 19.1. The second-order valence-electron chi connectivity index (χ2n) is 5.35. The van der Waals surface area contributed by atoms with Crippen LogP contribution in [0.2, 0.25) is 0 Å². The summed E-state index contributed by atoms with van der Waals surface area (Å²) >= 11 is 0. The molecule has 0 unspecified atom stereocenters. The highest BCUT2D eigenvalue weighted by Gasteiger charge is 2.22. The molecule has 0 radical (unpaired) electrons. The number of rotatable bonds is 4. The van der Waals surface area contributed by atoms with Crippen molar-refractivity contribution in [2.45, 2.75) is 27.7 Å². The lowest BCUT2D eigenvalue weighted by Crippen LogP contribution is -2.28. The Morgan fingerprint density at radius 2 is 1.88 bits per heavy atom. The molecule has 1 aromatic rings. The summed E-state index contributed by atoms with van der Waals surface area (Å²) in [5, 5.41) is 3.01. The number of nitrogen functional groups attached to an aromatic ring is 1. The Labute approximate surface area is 101 Å². The Morgan fingerprint density at radius 3 is 2.41 bits per heavy atom. The summed E-state index contributed by atoms with van der Waals surface area (Å²) in [5.74, 6) is -0.897. The third-order valence-corrected chi connectivity index (χ3v) is 3.39. The van der Waals surface area contributed by atoms with Crippen molar-refractivity contribution in [1.82, 2.24) is 0 Å². The van der Waals surface area contributed by atoms with Crippen LogP contribution in [-0.2, 0) is 0 Å². The third-order valence-electron chi connectivity index (χ3n) is 3.39. The standard InChI is InChI=1S/C13H20F2N2/c1-8(2)13(3,4)7-17-11-6-9(14)5-10(15)12(11)16/h5-6,8,17H,7,16H2,1-4H3. The second-order valence-corrected chi connectivity index (χ2v) is 5.35. The number of benzene rings is 1. The lowest BCUT2D eigenvalue weighted by atomic mass is 9.81. The van der Waals surface area contributed by atoms with Crippen molar-refractivity contribution < 1.29 is 8.78 Å². The third kappa shape index (κ3) is 3.32. The molecule has 1 rings (SSSR count). The summed E-state index contributed by atoms with van der Waals surface area (Å²) in [6, 6.07) is 2.00. The van der Waals surface area contributed by atoms with Crippen LogP contribution in [0.5, 0.6) is 0 Å². The van der Waals surface area contributed by atoms with Gasteiger partial charge in [0.25, 0.3) is 0 Å². The fourth-order valence-electron chi connectivity index (χ4n) is 1.26. The van der Waals surface area contributed by atoms with E-state index in [0.29, 0.717) is 18.2 Å². The van der Waals surface area contributed by atoms with Gasteiger partial charge in [0.15, 0.2) is 5.82 Å². The molecule has 0 bridgehead atoms. The predicted octanol–water partition coefficient (Wildman–Crippen LogP) is 3.64. The molecule has 0 saturated carbocycles. The van der Waals surface area contributed by atoms with Gasteiger partial charge in [0, 0.05) is 12.6 Å². The molecule has 0 atom stereocenters. The monoisotopic (exact) mass is 242 g/mol. The summed E-state index contributed by atoms with van der Waals surface area (Å²) in [5.41, 5.74) is 5.86. The smallest absolute Gasteiger partial charge is 0.151 e. The van der Waals surface area contributed by atoms with Crippen molar-refractivity contribution in [3.63, 3.8) is 0 Å². The van der Waals surface area contributed by atoms with E-state index in [-0.39, 0.29) is 11.1 Å². The second kappa shape index (κ2) is 4.90. The molecule has 0 fully saturated rings. The van der Waals surface area contributed by atoms with Gasteiger partial charge in [0.05, 0.1) is 11.4 Å². The molecule has 4 heteroatoms. The van der Waals surface area contributed by atoms with E-state index >= 15 is 0 Å². The van der Waals surface area contributed by atoms with Crippen LogP contribution in [0.15, 0.2) is 12.1 Å². The topological polar surface area (TPSA) is 38.0 Å². The fourth-order valence-corrected chi connectivity index (χ4v) is 1.26. The quantitative estimate of drug-likeness (QED) is 0.791. The minimum Gasteiger partial charge on any atom is -0.395 e. The first-order chi connectivity index (χ1) is 7.74. The van der Waals surface area contributed by atoms with Crippen molar-refractivity contribution in [1.29, 1.82) is 0 Å². The highest BCUT2D eigenvalue weighted by Crippen LogP contribution is 2.29. The van der Waals surface area contributed by atoms with Crippen molar-refractivity contribution >= 4 is 11.4 Å². The van der Waals surface area contributed by atoms with E-state index in [1.165, 1.54) is 6.07 Å². The van der Waals surface area contributed by atoms with Crippen molar-refractivity contribution in [2.75, 3.05) is 17.6 Å². The van der Waals surface area contributed by atoms with Crippen molar-refractivity contribution in [2.24, 2.45) is 11.3 Å². The normalized spacial score (nSPS) is 11.9. The summed E-state index contributed by atoms with van der Waals surface area (Å²) in [6.07, 6.45) is 0. The number of nitrogens with two attached hydrogens (primary N) is 1. The molecule has 0 saturated heterocycles. The van der Waals surface area contributed by atoms with Crippen LogP contribution in [0.4, 0.5) is 20.2 Å². The summed E-state index contributed by atoms with van der Waals surface area (Å²) in [7, 11) is 0. The summed E-state index contributed by atoms with van der Waals surface area (Å²) < 4.78 is 26.3. The first kappa shape index (κ1) is 13.7. The fraction of sp³-hybridized carbons (Fsp3) is 0.538. The summed E-state index contributed by atoms with van der Waals surface area (Å²) in [6.45, 7) is 9.01. The maximum absolute atomic E-state index is 13.2. The van der Waals surface area contributed by atoms with Gasteiger partial charge in [-0.05, 0) is 17.4 Å². The number of anilines is 2. The van der Waals surface area contributed by atoms with Crippen LogP contribution in [-0.4, -0.2) is 6.54 Å². The first-order valence-electron chi connectivity index (χ1n) is 5.72. The van der Waals surface area contributed by atoms with Gasteiger partial charge in [-0.15, -0.1) is 0 Å². The molecule has 1 aromatic carbocycles. The van der Waals surface area contributed by atoms with Crippen LogP contribution < -0.4 is 11.1 Å². The molecule has 0 heterocycles. The van der Waals surface area contributed by atoms with Gasteiger partial charge >= 0.3 is 0 Å². The Hall–Kier alpha value is -1.32. The lowest BCUT2D eigenvalue weighted by molar-refractivity contribution is 0.269. The Morgan fingerprint density at radius 1 is 1.29 bits per heavy atom. The SMILES string of the molecule is CC(C)C(C)(C)CNc1cc(F)cc(F)c1N. The molecule has 0 amide bonds. The molecule has 0 aliphatic heterocycles. The van der Waals surface area contributed by atoms with Crippen molar-refractivity contribution in [3.8, 4) is 0 Å². The van der Waals surface area contributed by atoms with Gasteiger partial charge in [-0.3, -0.25) is 0 Å². The van der Waals surface area contributed by atoms with E-state index < -0.39 is 11.6 Å². The van der Waals surface area contributed by atoms with Crippen LogP contribution in [0.3, 0.4) is 0 Å². The summed E-state index contributed by atoms with van der Waals surface area (Å²) in [4.78, 5) is 0. The Kier molecular flexibility index (Phi) is 3.96. The predicted molar refractivity (Wildman–Crippen MR) is 67.9 cm³/mol. The average molecular weight is 242 g/mol. The zero-order chi connectivity index (χ0) is 13.2. The molecule has 3 N–H and O–H groups in total. The van der Waals surface area contributed by atoms with Crippen LogP contribution in [0, 0.1) is 23.0 Å². The maximum atomic E-state index is 13.2. The van der Waals surface area contributed by atoms with E-state index in [2.05, 4.69) is 33.0 Å². The van der Waals surface area contributed by atoms with E-state index in [4.69, 9.17) is 5.73 Å². The number of hydrogen-bond acceptors (Lipinski definition) is 2. The van der Waals surface area contributed by atoms with Crippen LogP contribution >= 0.6 is 0 Å². The largest absolute Gasteiger partial charge is 0.395 e.